The first-order valence-electron chi connectivity index (χ1n) is 11.2. The lowest BCUT2D eigenvalue weighted by molar-refractivity contribution is -0.145. The molecule has 0 unspecified atom stereocenters. The van der Waals surface area contributed by atoms with E-state index in [1.165, 1.54) is 11.1 Å². The average Bonchev–Trinajstić information content (AvgIpc) is 3.03. The summed E-state index contributed by atoms with van der Waals surface area (Å²) in [5.41, 5.74) is 2.89. The molecule has 0 spiro atoms. The van der Waals surface area contributed by atoms with Gasteiger partial charge in [-0.2, -0.15) is 0 Å². The van der Waals surface area contributed by atoms with E-state index in [-0.39, 0.29) is 17.6 Å². The highest BCUT2D eigenvalue weighted by molar-refractivity contribution is 5.71. The molecule has 30 heavy (non-hydrogen) atoms. The predicted octanol–water partition coefficient (Wildman–Crippen LogP) is 4.29. The topological polar surface area (TPSA) is 32.8 Å². The molecule has 1 aliphatic carbocycles. The molecule has 0 aromatic heterocycles. The standard InChI is InChI=1S/C26H34N2O2/c1-4-30-24(29)19-28-16-15-26(27(2)3)17-22(20-11-7-5-8-12-20)25(28)23(18-26)21-13-9-6-10-14-21/h5-14,22-23,25H,4,15-19H2,1-3H3/t22-,23-,25?,26?/m0/s1. The Balaban J connectivity index is 1.81. The fraction of sp³-hybridized carbons (Fsp3) is 0.500. The summed E-state index contributed by atoms with van der Waals surface area (Å²) in [5, 5.41) is 0. The van der Waals surface area contributed by atoms with Gasteiger partial charge in [0.2, 0.25) is 0 Å². The Labute approximate surface area is 180 Å². The van der Waals surface area contributed by atoms with Gasteiger partial charge in [-0.1, -0.05) is 60.7 Å². The monoisotopic (exact) mass is 406 g/mol. The fourth-order valence-corrected chi connectivity index (χ4v) is 5.81. The molecule has 1 saturated carbocycles. The number of fused-ring (bicyclic) bond motifs is 4. The Hall–Kier alpha value is -2.17. The molecule has 2 aliphatic heterocycles. The highest BCUT2D eigenvalue weighted by Gasteiger charge is 2.52. The van der Waals surface area contributed by atoms with Crippen LogP contribution < -0.4 is 0 Å². The summed E-state index contributed by atoms with van der Waals surface area (Å²) in [4.78, 5) is 17.4. The summed E-state index contributed by atoms with van der Waals surface area (Å²) in [6, 6.07) is 22.1. The molecule has 2 atom stereocenters. The predicted molar refractivity (Wildman–Crippen MR) is 121 cm³/mol. The number of benzene rings is 2. The molecule has 5 rings (SSSR count). The number of hydrogen-bond acceptors (Lipinski definition) is 4. The molecular formula is C26H34N2O2. The van der Waals surface area contributed by atoms with E-state index in [1.54, 1.807) is 0 Å². The third kappa shape index (κ3) is 4.03. The van der Waals surface area contributed by atoms with Crippen LogP contribution in [0.4, 0.5) is 0 Å². The average molecular weight is 407 g/mol. The van der Waals surface area contributed by atoms with Gasteiger partial charge >= 0.3 is 5.97 Å². The normalized spacial score (nSPS) is 29.0. The minimum Gasteiger partial charge on any atom is -0.465 e. The van der Waals surface area contributed by atoms with E-state index < -0.39 is 0 Å². The van der Waals surface area contributed by atoms with Crippen molar-refractivity contribution in [1.82, 2.24) is 9.80 Å². The maximum Gasteiger partial charge on any atom is 0.320 e. The molecule has 2 aromatic carbocycles. The van der Waals surface area contributed by atoms with Crippen molar-refractivity contribution in [2.75, 3.05) is 33.8 Å². The lowest BCUT2D eigenvalue weighted by Crippen LogP contribution is -2.53. The Morgan fingerprint density at radius 3 is 2.00 bits per heavy atom. The SMILES string of the molecule is CCOC(=O)CN1CCC2(N(C)C)C[C@@H](c3ccccc3)C1[C@H](c1ccccc1)C2. The molecule has 4 nitrogen and oxygen atoms in total. The number of hydrogen-bond donors (Lipinski definition) is 0. The van der Waals surface area contributed by atoms with Crippen LogP contribution in [0.3, 0.4) is 0 Å². The quantitative estimate of drug-likeness (QED) is 0.670. The van der Waals surface area contributed by atoms with Crippen LogP contribution >= 0.6 is 0 Å². The molecular weight excluding hydrogens is 372 g/mol. The Morgan fingerprint density at radius 1 is 1.00 bits per heavy atom. The smallest absolute Gasteiger partial charge is 0.320 e. The number of rotatable bonds is 6. The Bertz CT molecular complexity index is 787. The van der Waals surface area contributed by atoms with Gasteiger partial charge in [0.1, 0.15) is 0 Å². The molecule has 3 aliphatic rings. The van der Waals surface area contributed by atoms with Gasteiger partial charge in [-0.15, -0.1) is 0 Å². The van der Waals surface area contributed by atoms with Crippen molar-refractivity contribution in [3.8, 4) is 0 Å². The third-order valence-electron chi connectivity index (χ3n) is 7.35. The molecule has 2 bridgehead atoms. The summed E-state index contributed by atoms with van der Waals surface area (Å²) < 4.78 is 5.36. The zero-order chi connectivity index (χ0) is 21.1. The van der Waals surface area contributed by atoms with Crippen LogP contribution in [-0.2, 0) is 9.53 Å². The maximum absolute atomic E-state index is 12.5. The van der Waals surface area contributed by atoms with E-state index in [2.05, 4.69) is 84.6 Å². The third-order valence-corrected chi connectivity index (χ3v) is 7.35. The van der Waals surface area contributed by atoms with Gasteiger partial charge in [-0.05, 0) is 51.4 Å². The zero-order valence-electron chi connectivity index (χ0n) is 18.5. The first kappa shape index (κ1) is 21.1. The molecule has 3 fully saturated rings. The van der Waals surface area contributed by atoms with Crippen molar-refractivity contribution >= 4 is 5.97 Å². The van der Waals surface area contributed by atoms with Gasteiger partial charge in [0.05, 0.1) is 13.2 Å². The van der Waals surface area contributed by atoms with Crippen molar-refractivity contribution in [3.63, 3.8) is 0 Å². The molecule has 2 aromatic rings. The second kappa shape index (κ2) is 8.91. The second-order valence-corrected chi connectivity index (χ2v) is 9.08. The van der Waals surface area contributed by atoms with Crippen molar-refractivity contribution in [3.05, 3.63) is 71.8 Å². The fourth-order valence-electron chi connectivity index (χ4n) is 5.81. The van der Waals surface area contributed by atoms with E-state index in [0.29, 0.717) is 25.0 Å². The maximum atomic E-state index is 12.5. The minimum absolute atomic E-state index is 0.111. The second-order valence-electron chi connectivity index (χ2n) is 9.08. The summed E-state index contributed by atoms with van der Waals surface area (Å²) in [7, 11) is 4.46. The van der Waals surface area contributed by atoms with Gasteiger partial charge in [0.25, 0.3) is 0 Å². The van der Waals surface area contributed by atoms with E-state index >= 15 is 0 Å². The van der Waals surface area contributed by atoms with Crippen LogP contribution in [0.2, 0.25) is 0 Å². The molecule has 2 saturated heterocycles. The van der Waals surface area contributed by atoms with Crippen LogP contribution in [0.5, 0.6) is 0 Å². The molecule has 0 N–H and O–H groups in total. The van der Waals surface area contributed by atoms with Gasteiger partial charge in [-0.25, -0.2) is 0 Å². The first-order valence-corrected chi connectivity index (χ1v) is 11.2. The summed E-state index contributed by atoms with van der Waals surface area (Å²) in [5.74, 6) is 0.648. The van der Waals surface area contributed by atoms with Gasteiger partial charge in [0, 0.05) is 30.0 Å². The zero-order valence-corrected chi connectivity index (χ0v) is 18.5. The van der Waals surface area contributed by atoms with E-state index in [1.807, 2.05) is 6.92 Å². The summed E-state index contributed by atoms with van der Waals surface area (Å²) >= 11 is 0. The van der Waals surface area contributed by atoms with Crippen molar-refractivity contribution in [2.24, 2.45) is 0 Å². The number of nitrogens with zero attached hydrogens (tertiary/aromatic N) is 2. The van der Waals surface area contributed by atoms with Crippen LogP contribution in [0.1, 0.15) is 49.1 Å². The minimum atomic E-state index is -0.111. The van der Waals surface area contributed by atoms with Gasteiger partial charge in [-0.3, -0.25) is 9.69 Å². The first-order chi connectivity index (χ1) is 14.5. The van der Waals surface area contributed by atoms with Crippen molar-refractivity contribution < 1.29 is 9.53 Å². The van der Waals surface area contributed by atoms with E-state index in [4.69, 9.17) is 4.74 Å². The number of carbonyl (C=O) groups excluding carboxylic acids is 1. The lowest BCUT2D eigenvalue weighted by atomic mass is 9.63. The Morgan fingerprint density at radius 2 is 1.53 bits per heavy atom. The van der Waals surface area contributed by atoms with Crippen LogP contribution in [0, 0.1) is 0 Å². The largest absolute Gasteiger partial charge is 0.465 e. The summed E-state index contributed by atoms with van der Waals surface area (Å²) in [6.07, 6.45) is 3.32. The Kier molecular flexibility index (Phi) is 6.26. The van der Waals surface area contributed by atoms with Crippen molar-refractivity contribution in [1.29, 1.82) is 0 Å². The van der Waals surface area contributed by atoms with Crippen LogP contribution in [-0.4, -0.2) is 61.1 Å². The van der Waals surface area contributed by atoms with Crippen molar-refractivity contribution in [2.45, 2.75) is 49.6 Å². The van der Waals surface area contributed by atoms with Crippen LogP contribution in [0.15, 0.2) is 60.7 Å². The van der Waals surface area contributed by atoms with Gasteiger partial charge < -0.3 is 9.64 Å². The molecule has 0 radical (unpaired) electrons. The van der Waals surface area contributed by atoms with E-state index in [0.717, 1.165) is 25.8 Å². The lowest BCUT2D eigenvalue weighted by Gasteiger charge is -2.51. The van der Waals surface area contributed by atoms with Crippen LogP contribution in [0.25, 0.3) is 0 Å². The molecule has 160 valence electrons. The highest BCUT2D eigenvalue weighted by Crippen LogP contribution is 2.53. The molecule has 0 amide bonds. The van der Waals surface area contributed by atoms with E-state index in [9.17, 15) is 4.79 Å². The molecule has 2 heterocycles. The molecule has 4 heteroatoms. The summed E-state index contributed by atoms with van der Waals surface area (Å²) in [6.45, 7) is 3.61. The number of esters is 1. The number of ether oxygens (including phenoxy) is 1. The number of carbonyl (C=O) groups is 1. The van der Waals surface area contributed by atoms with Gasteiger partial charge in [0.15, 0.2) is 0 Å². The highest BCUT2D eigenvalue weighted by atomic mass is 16.5.